The standard InChI is InChI=1S/C10H9ClIN3O/c1-6-10(15-16-14-6)5-13-9-3-2-7(11)4-8(9)12/h2-4,13H,5H2,1H3. The highest BCUT2D eigenvalue weighted by atomic mass is 127. The second-order valence-electron chi connectivity index (χ2n) is 3.27. The van der Waals surface area contributed by atoms with E-state index in [4.69, 9.17) is 11.6 Å². The SMILES string of the molecule is Cc1nonc1CNc1ccc(Cl)cc1I. The number of nitrogens with zero attached hydrogens (tertiary/aromatic N) is 2. The van der Waals surface area contributed by atoms with Crippen LogP contribution in [-0.2, 0) is 6.54 Å². The van der Waals surface area contributed by atoms with Gasteiger partial charge in [0.05, 0.1) is 6.54 Å². The van der Waals surface area contributed by atoms with Crippen LogP contribution in [0.1, 0.15) is 11.4 Å². The normalized spacial score (nSPS) is 10.4. The maximum Gasteiger partial charge on any atom is 0.127 e. The third kappa shape index (κ3) is 2.65. The molecule has 2 aromatic rings. The van der Waals surface area contributed by atoms with Gasteiger partial charge in [-0.15, -0.1) is 0 Å². The lowest BCUT2D eigenvalue weighted by molar-refractivity contribution is 0.301. The van der Waals surface area contributed by atoms with Crippen molar-refractivity contribution in [3.8, 4) is 0 Å². The van der Waals surface area contributed by atoms with Gasteiger partial charge in [-0.2, -0.15) is 0 Å². The summed E-state index contributed by atoms with van der Waals surface area (Å²) in [5.41, 5.74) is 2.63. The van der Waals surface area contributed by atoms with Crippen molar-refractivity contribution in [2.45, 2.75) is 13.5 Å². The van der Waals surface area contributed by atoms with Crippen LogP contribution in [0.3, 0.4) is 0 Å². The van der Waals surface area contributed by atoms with Crippen LogP contribution >= 0.6 is 34.2 Å². The Kier molecular flexibility index (Phi) is 3.65. The fourth-order valence-corrected chi connectivity index (χ4v) is 2.28. The lowest BCUT2D eigenvalue weighted by atomic mass is 10.3. The van der Waals surface area contributed by atoms with Crippen LogP contribution in [0.15, 0.2) is 22.8 Å². The second-order valence-corrected chi connectivity index (χ2v) is 4.87. The molecule has 16 heavy (non-hydrogen) atoms. The molecule has 0 radical (unpaired) electrons. The fraction of sp³-hybridized carbons (Fsp3) is 0.200. The maximum absolute atomic E-state index is 5.87. The minimum absolute atomic E-state index is 0.590. The molecule has 84 valence electrons. The second kappa shape index (κ2) is 5.01. The van der Waals surface area contributed by atoms with E-state index in [0.717, 1.165) is 25.7 Å². The van der Waals surface area contributed by atoms with Gasteiger partial charge < -0.3 is 5.32 Å². The van der Waals surface area contributed by atoms with E-state index in [9.17, 15) is 0 Å². The molecule has 0 bridgehead atoms. The summed E-state index contributed by atoms with van der Waals surface area (Å²) in [5, 5.41) is 11.5. The van der Waals surface area contributed by atoms with Crippen LogP contribution in [0.5, 0.6) is 0 Å². The molecule has 6 heteroatoms. The number of aromatic nitrogens is 2. The van der Waals surface area contributed by atoms with Gasteiger partial charge in [0.1, 0.15) is 11.4 Å². The maximum atomic E-state index is 5.87. The van der Waals surface area contributed by atoms with Crippen LogP contribution in [0.4, 0.5) is 5.69 Å². The third-order valence-corrected chi connectivity index (χ3v) is 3.25. The minimum atomic E-state index is 0.590. The van der Waals surface area contributed by atoms with E-state index in [2.05, 4.69) is 42.9 Å². The van der Waals surface area contributed by atoms with E-state index in [1.165, 1.54) is 0 Å². The first kappa shape index (κ1) is 11.7. The van der Waals surface area contributed by atoms with Gasteiger partial charge >= 0.3 is 0 Å². The van der Waals surface area contributed by atoms with E-state index < -0.39 is 0 Å². The molecule has 0 unspecified atom stereocenters. The molecule has 0 fully saturated rings. The van der Waals surface area contributed by atoms with Crippen LogP contribution in [-0.4, -0.2) is 10.3 Å². The van der Waals surface area contributed by atoms with E-state index in [1.807, 2.05) is 25.1 Å². The van der Waals surface area contributed by atoms with Gasteiger partial charge in [0.15, 0.2) is 0 Å². The predicted molar refractivity (Wildman–Crippen MR) is 70.5 cm³/mol. The largest absolute Gasteiger partial charge is 0.378 e. The number of aryl methyl sites for hydroxylation is 1. The van der Waals surface area contributed by atoms with Crippen molar-refractivity contribution in [3.63, 3.8) is 0 Å². The zero-order valence-electron chi connectivity index (χ0n) is 8.50. The summed E-state index contributed by atoms with van der Waals surface area (Å²) in [6.07, 6.45) is 0. The zero-order valence-corrected chi connectivity index (χ0v) is 11.4. The molecule has 1 N–H and O–H groups in total. The number of hydrogen-bond acceptors (Lipinski definition) is 4. The number of halogens is 2. The van der Waals surface area contributed by atoms with Gasteiger partial charge in [-0.05, 0) is 47.7 Å². The Hall–Kier alpha value is -0.820. The fourth-order valence-electron chi connectivity index (χ4n) is 1.22. The third-order valence-electron chi connectivity index (χ3n) is 2.12. The first-order valence-electron chi connectivity index (χ1n) is 4.64. The smallest absolute Gasteiger partial charge is 0.127 e. The minimum Gasteiger partial charge on any atom is -0.378 e. The van der Waals surface area contributed by atoms with Gasteiger partial charge in [-0.25, -0.2) is 4.63 Å². The molecule has 0 amide bonds. The summed E-state index contributed by atoms with van der Waals surface area (Å²) in [7, 11) is 0. The lowest BCUT2D eigenvalue weighted by Gasteiger charge is -2.06. The van der Waals surface area contributed by atoms with Crippen LogP contribution < -0.4 is 5.32 Å². The number of anilines is 1. The number of benzene rings is 1. The van der Waals surface area contributed by atoms with Crippen LogP contribution in [0.2, 0.25) is 5.02 Å². The van der Waals surface area contributed by atoms with E-state index >= 15 is 0 Å². The molecule has 0 atom stereocenters. The Morgan fingerprint density at radius 3 is 2.88 bits per heavy atom. The van der Waals surface area contributed by atoms with Gasteiger partial charge in [-0.1, -0.05) is 21.9 Å². The summed E-state index contributed by atoms with van der Waals surface area (Å²) in [5.74, 6) is 0. The van der Waals surface area contributed by atoms with Crippen molar-refractivity contribution in [3.05, 3.63) is 38.2 Å². The number of hydrogen-bond donors (Lipinski definition) is 1. The molecule has 0 saturated heterocycles. The monoisotopic (exact) mass is 349 g/mol. The van der Waals surface area contributed by atoms with Crippen molar-refractivity contribution in [1.82, 2.24) is 10.3 Å². The van der Waals surface area contributed by atoms with Crippen molar-refractivity contribution in [2.24, 2.45) is 0 Å². The summed E-state index contributed by atoms with van der Waals surface area (Å²) in [4.78, 5) is 0. The van der Waals surface area contributed by atoms with E-state index in [-0.39, 0.29) is 0 Å². The van der Waals surface area contributed by atoms with Crippen molar-refractivity contribution in [2.75, 3.05) is 5.32 Å². The quantitative estimate of drug-likeness (QED) is 0.864. The molecule has 1 aromatic heterocycles. The number of nitrogens with one attached hydrogen (secondary N) is 1. The highest BCUT2D eigenvalue weighted by molar-refractivity contribution is 14.1. The zero-order chi connectivity index (χ0) is 11.5. The molecule has 0 aliphatic heterocycles. The molecule has 2 rings (SSSR count). The van der Waals surface area contributed by atoms with Gasteiger partial charge in [-0.3, -0.25) is 0 Å². The average molecular weight is 350 g/mol. The first-order valence-corrected chi connectivity index (χ1v) is 6.09. The van der Waals surface area contributed by atoms with Crippen molar-refractivity contribution < 1.29 is 4.63 Å². The first-order chi connectivity index (χ1) is 7.66. The Bertz CT molecular complexity index is 501. The summed E-state index contributed by atoms with van der Waals surface area (Å²) >= 11 is 8.10. The Morgan fingerprint density at radius 1 is 1.44 bits per heavy atom. The van der Waals surface area contributed by atoms with Crippen LogP contribution in [0, 0.1) is 10.5 Å². The molecular formula is C10H9ClIN3O. The number of rotatable bonds is 3. The molecule has 0 aliphatic carbocycles. The van der Waals surface area contributed by atoms with Crippen molar-refractivity contribution in [1.29, 1.82) is 0 Å². The molecular weight excluding hydrogens is 340 g/mol. The van der Waals surface area contributed by atoms with Gasteiger partial charge in [0.25, 0.3) is 0 Å². The predicted octanol–water partition coefficient (Wildman–Crippen LogP) is 3.25. The average Bonchev–Trinajstić information content (AvgIpc) is 2.63. The highest BCUT2D eigenvalue weighted by Gasteiger charge is 2.06. The summed E-state index contributed by atoms with van der Waals surface area (Å²) < 4.78 is 5.69. The molecule has 1 heterocycles. The Morgan fingerprint density at radius 2 is 2.25 bits per heavy atom. The Labute approximate surface area is 111 Å². The Balaban J connectivity index is 2.08. The highest BCUT2D eigenvalue weighted by Crippen LogP contribution is 2.22. The topological polar surface area (TPSA) is 51.0 Å². The summed E-state index contributed by atoms with van der Waals surface area (Å²) in [6.45, 7) is 2.45. The summed E-state index contributed by atoms with van der Waals surface area (Å²) in [6, 6.07) is 5.69. The van der Waals surface area contributed by atoms with E-state index in [0.29, 0.717) is 6.54 Å². The van der Waals surface area contributed by atoms with Gasteiger partial charge in [0, 0.05) is 14.3 Å². The molecule has 0 saturated carbocycles. The molecule has 0 aliphatic rings. The molecule has 0 spiro atoms. The van der Waals surface area contributed by atoms with Crippen molar-refractivity contribution >= 4 is 39.9 Å². The molecule has 4 nitrogen and oxygen atoms in total. The lowest BCUT2D eigenvalue weighted by Crippen LogP contribution is -2.02. The van der Waals surface area contributed by atoms with Crippen LogP contribution in [0.25, 0.3) is 0 Å². The molecule has 1 aromatic carbocycles. The van der Waals surface area contributed by atoms with E-state index in [1.54, 1.807) is 0 Å². The van der Waals surface area contributed by atoms with Gasteiger partial charge in [0.2, 0.25) is 0 Å².